The molecule has 0 aromatic carbocycles. The summed E-state index contributed by atoms with van der Waals surface area (Å²) in [5.41, 5.74) is 3.42. The summed E-state index contributed by atoms with van der Waals surface area (Å²) in [4.78, 5) is 4.22. The standard InChI is InChI=1S/C17H23N2/c1-11(2)16-7-13(4)15(9-18-16)17-8-12(3)14(5)10-19(17)6/h7-11H,1-6H3/q+1/i1D3,5D3,11D. The lowest BCUT2D eigenvalue weighted by Crippen LogP contribution is -2.31. The van der Waals surface area contributed by atoms with E-state index in [-0.39, 0.29) is 11.3 Å². The second kappa shape index (κ2) is 5.12. The van der Waals surface area contributed by atoms with E-state index in [1.807, 2.05) is 6.92 Å². The predicted octanol–water partition coefficient (Wildman–Crippen LogP) is 3.62. The first kappa shape index (κ1) is 7.18. The van der Waals surface area contributed by atoms with E-state index in [1.165, 1.54) is 6.92 Å². The Kier molecular flexibility index (Phi) is 1.93. The number of rotatable bonds is 2. The number of pyridine rings is 2. The van der Waals surface area contributed by atoms with Crippen LogP contribution in [0.4, 0.5) is 0 Å². The normalized spacial score (nSPS) is 20.9. The minimum absolute atomic E-state index is 0.178. The Balaban J connectivity index is 2.57. The Morgan fingerprint density at radius 3 is 2.68 bits per heavy atom. The molecular weight excluding hydrogens is 232 g/mol. The summed E-state index contributed by atoms with van der Waals surface area (Å²) in [6.45, 7) is 0.221. The zero-order valence-electron chi connectivity index (χ0n) is 18.7. The van der Waals surface area contributed by atoms with Crippen LogP contribution in [0.3, 0.4) is 0 Å². The zero-order valence-corrected chi connectivity index (χ0v) is 11.7. The molecule has 0 saturated heterocycles. The van der Waals surface area contributed by atoms with Gasteiger partial charge in [0, 0.05) is 33.1 Å². The number of aromatic nitrogens is 2. The van der Waals surface area contributed by atoms with Gasteiger partial charge in [-0.15, -0.1) is 0 Å². The van der Waals surface area contributed by atoms with E-state index < -0.39 is 19.6 Å². The van der Waals surface area contributed by atoms with Gasteiger partial charge in [-0.3, -0.25) is 4.98 Å². The summed E-state index contributed by atoms with van der Waals surface area (Å²) >= 11 is 0. The highest BCUT2D eigenvalue weighted by Crippen LogP contribution is 2.23. The van der Waals surface area contributed by atoms with E-state index in [9.17, 15) is 0 Å². The minimum Gasteiger partial charge on any atom is -0.260 e. The third-order valence-electron chi connectivity index (χ3n) is 3.25. The van der Waals surface area contributed by atoms with Gasteiger partial charge in [0.1, 0.15) is 7.05 Å². The van der Waals surface area contributed by atoms with E-state index in [0.717, 1.165) is 16.8 Å². The van der Waals surface area contributed by atoms with Gasteiger partial charge in [-0.1, -0.05) is 13.8 Å². The first-order valence-electron chi connectivity index (χ1n) is 9.64. The Bertz CT molecular complexity index is 836. The smallest absolute Gasteiger partial charge is 0.214 e. The molecule has 0 fully saturated rings. The highest BCUT2D eigenvalue weighted by atomic mass is 14.9. The van der Waals surface area contributed by atoms with Crippen molar-refractivity contribution in [3.63, 3.8) is 0 Å². The van der Waals surface area contributed by atoms with E-state index in [4.69, 9.17) is 9.60 Å². The summed E-state index contributed by atoms with van der Waals surface area (Å²) in [5, 5.41) is 0. The molecule has 19 heavy (non-hydrogen) atoms. The molecule has 2 aromatic heterocycles. The summed E-state index contributed by atoms with van der Waals surface area (Å²) in [6.07, 6.45) is 3.13. The zero-order chi connectivity index (χ0) is 20.1. The summed E-state index contributed by atoms with van der Waals surface area (Å²) < 4.78 is 55.4. The first-order chi connectivity index (χ1) is 11.7. The van der Waals surface area contributed by atoms with Crippen molar-refractivity contribution < 1.29 is 14.2 Å². The quantitative estimate of drug-likeness (QED) is 0.755. The van der Waals surface area contributed by atoms with Gasteiger partial charge >= 0.3 is 0 Å². The molecule has 100 valence electrons. The molecule has 0 saturated carbocycles. The molecule has 0 spiro atoms. The van der Waals surface area contributed by atoms with Crippen molar-refractivity contribution >= 4 is 0 Å². The maximum atomic E-state index is 8.17. The number of aryl methyl sites for hydroxylation is 4. The van der Waals surface area contributed by atoms with Crippen LogP contribution in [0.5, 0.6) is 0 Å². The molecule has 2 heteroatoms. The third kappa shape index (κ3) is 2.67. The molecule has 2 nitrogen and oxygen atoms in total. The molecule has 0 amide bonds. The van der Waals surface area contributed by atoms with Crippen molar-refractivity contribution in [2.75, 3.05) is 0 Å². The highest BCUT2D eigenvalue weighted by molar-refractivity contribution is 5.60. The molecule has 2 heterocycles. The van der Waals surface area contributed by atoms with Gasteiger partial charge < -0.3 is 0 Å². The lowest BCUT2D eigenvalue weighted by atomic mass is 10.0. The molecule has 0 aliphatic rings. The second-order valence-corrected chi connectivity index (χ2v) is 4.88. The van der Waals surface area contributed by atoms with Crippen LogP contribution in [0.15, 0.2) is 24.5 Å². The maximum Gasteiger partial charge on any atom is 0.214 e. The Labute approximate surface area is 126 Å². The number of nitrogens with zero attached hydrogens (tertiary/aromatic N) is 2. The molecule has 1 atom stereocenters. The molecule has 0 radical (unpaired) electrons. The lowest BCUT2D eigenvalue weighted by molar-refractivity contribution is -0.660. The fourth-order valence-electron chi connectivity index (χ4n) is 2.05. The fourth-order valence-corrected chi connectivity index (χ4v) is 2.05. The third-order valence-corrected chi connectivity index (χ3v) is 3.25. The molecule has 2 aromatic rings. The molecule has 0 N–H and O–H groups in total. The van der Waals surface area contributed by atoms with Crippen LogP contribution in [0, 0.1) is 20.7 Å². The summed E-state index contributed by atoms with van der Waals surface area (Å²) in [7, 11) is 1.76. The molecular formula is C17H23N2+. The minimum atomic E-state index is -2.49. The van der Waals surface area contributed by atoms with Gasteiger partial charge in [-0.2, -0.15) is 0 Å². The van der Waals surface area contributed by atoms with Crippen molar-refractivity contribution in [3.8, 4) is 11.3 Å². The highest BCUT2D eigenvalue weighted by Gasteiger charge is 2.15. The summed E-state index contributed by atoms with van der Waals surface area (Å²) in [6, 6.07) is 3.40. The largest absolute Gasteiger partial charge is 0.260 e. The first-order valence-corrected chi connectivity index (χ1v) is 6.14. The van der Waals surface area contributed by atoms with Gasteiger partial charge in [0.15, 0.2) is 6.20 Å². The molecule has 0 bridgehead atoms. The molecule has 1 unspecified atom stereocenters. The monoisotopic (exact) mass is 262 g/mol. The van der Waals surface area contributed by atoms with Crippen LogP contribution in [0.1, 0.15) is 51.6 Å². The SMILES string of the molecule is [2H]C([2H])([2H])c1c[n+](C)c(-c2cnc(C([2H])(C)C([2H])([2H])[2H])cc2C)cc1C. The van der Waals surface area contributed by atoms with Gasteiger partial charge in [-0.25, -0.2) is 4.57 Å². The van der Waals surface area contributed by atoms with Crippen molar-refractivity contribution in [3.05, 3.63) is 46.9 Å². The number of hydrogen-bond donors (Lipinski definition) is 0. The van der Waals surface area contributed by atoms with Gasteiger partial charge in [0.2, 0.25) is 5.69 Å². The van der Waals surface area contributed by atoms with Crippen molar-refractivity contribution in [1.29, 1.82) is 0 Å². The fraction of sp³-hybridized carbons (Fsp3) is 0.412. The number of hydrogen-bond acceptors (Lipinski definition) is 1. The average Bonchev–Trinajstić information content (AvgIpc) is 2.47. The molecule has 0 aliphatic carbocycles. The van der Waals surface area contributed by atoms with Crippen molar-refractivity contribution in [2.24, 2.45) is 7.05 Å². The lowest BCUT2D eigenvalue weighted by Gasteiger charge is -2.10. The average molecular weight is 262 g/mol. The van der Waals surface area contributed by atoms with Crippen LogP contribution in [-0.4, -0.2) is 4.98 Å². The topological polar surface area (TPSA) is 16.8 Å². The van der Waals surface area contributed by atoms with Crippen LogP contribution >= 0.6 is 0 Å². The van der Waals surface area contributed by atoms with E-state index in [2.05, 4.69) is 4.98 Å². The van der Waals surface area contributed by atoms with Crippen LogP contribution in [-0.2, 0) is 7.05 Å². The van der Waals surface area contributed by atoms with Gasteiger partial charge in [-0.05, 0) is 43.8 Å². The predicted molar refractivity (Wildman–Crippen MR) is 79.1 cm³/mol. The van der Waals surface area contributed by atoms with Gasteiger partial charge in [0.05, 0.1) is 5.56 Å². The molecule has 0 aliphatic heterocycles. The van der Waals surface area contributed by atoms with Crippen LogP contribution in [0.2, 0.25) is 0 Å². The van der Waals surface area contributed by atoms with Crippen LogP contribution < -0.4 is 4.57 Å². The van der Waals surface area contributed by atoms with Crippen molar-refractivity contribution in [1.82, 2.24) is 4.98 Å². The Morgan fingerprint density at radius 1 is 1.26 bits per heavy atom. The maximum absolute atomic E-state index is 8.17. The summed E-state index contributed by atoms with van der Waals surface area (Å²) in [5.74, 6) is -1.81. The molecule has 2 rings (SSSR count). The van der Waals surface area contributed by atoms with Crippen molar-refractivity contribution in [2.45, 2.75) is 40.4 Å². The van der Waals surface area contributed by atoms with E-state index in [1.54, 1.807) is 43.1 Å². The van der Waals surface area contributed by atoms with Gasteiger partial charge in [0.25, 0.3) is 0 Å². The Morgan fingerprint density at radius 2 is 2.05 bits per heavy atom. The van der Waals surface area contributed by atoms with Crippen LogP contribution in [0.25, 0.3) is 11.3 Å². The van der Waals surface area contributed by atoms with E-state index in [0.29, 0.717) is 5.56 Å². The Hall–Kier alpha value is -1.70. The van der Waals surface area contributed by atoms with E-state index >= 15 is 0 Å². The second-order valence-electron chi connectivity index (χ2n) is 4.88.